The lowest BCUT2D eigenvalue weighted by atomic mass is 10.2. The predicted molar refractivity (Wildman–Crippen MR) is 70.0 cm³/mol. The molecular weight excluding hydrogens is 265 g/mol. The molecule has 20 heavy (non-hydrogen) atoms. The molecule has 0 aliphatic carbocycles. The van der Waals surface area contributed by atoms with E-state index in [9.17, 15) is 14.5 Å². The Labute approximate surface area is 114 Å². The first kappa shape index (κ1) is 13.9. The van der Waals surface area contributed by atoms with E-state index in [-0.39, 0.29) is 17.7 Å². The third-order valence-electron chi connectivity index (χ3n) is 2.62. The van der Waals surface area contributed by atoms with Crippen LogP contribution in [0, 0.1) is 15.9 Å². The normalized spacial score (nSPS) is 11.9. The zero-order valence-corrected chi connectivity index (χ0v) is 10.6. The molecule has 0 unspecified atom stereocenters. The number of ether oxygens (including phenoxy) is 1. The average molecular weight is 277 g/mol. The fourth-order valence-corrected chi connectivity index (χ4v) is 1.54. The second-order valence-corrected chi connectivity index (χ2v) is 4.19. The Morgan fingerprint density at radius 1 is 1.40 bits per heavy atom. The summed E-state index contributed by atoms with van der Waals surface area (Å²) < 4.78 is 18.7. The molecule has 0 saturated carbocycles. The van der Waals surface area contributed by atoms with Gasteiger partial charge >= 0.3 is 5.69 Å². The van der Waals surface area contributed by atoms with Crippen molar-refractivity contribution >= 4 is 5.69 Å². The second kappa shape index (κ2) is 5.62. The van der Waals surface area contributed by atoms with Crippen LogP contribution < -0.4 is 10.5 Å². The minimum Gasteiger partial charge on any atom is -0.439 e. The van der Waals surface area contributed by atoms with Gasteiger partial charge in [-0.05, 0) is 18.6 Å². The fourth-order valence-electron chi connectivity index (χ4n) is 1.54. The number of aromatic nitrogens is 1. The minimum absolute atomic E-state index is 0.133. The first-order chi connectivity index (χ1) is 9.47. The maximum absolute atomic E-state index is 13.4. The van der Waals surface area contributed by atoms with Crippen molar-refractivity contribution in [2.75, 3.05) is 0 Å². The van der Waals surface area contributed by atoms with Crippen LogP contribution in [-0.2, 0) is 0 Å². The predicted octanol–water partition coefficient (Wildman–Crippen LogP) is 2.94. The summed E-state index contributed by atoms with van der Waals surface area (Å²) in [6.07, 6.45) is 1.56. The Hall–Kier alpha value is -2.54. The van der Waals surface area contributed by atoms with E-state index in [0.717, 1.165) is 17.7 Å². The standard InChI is InChI=1S/C13H12FN3O3/c1-8(15)9-2-5-13(16-7-9)20-10-3-4-12(17(18)19)11(14)6-10/h2-8H,15H2,1H3/t8-/m1/s1. The molecule has 0 bridgehead atoms. The quantitative estimate of drug-likeness (QED) is 0.685. The molecule has 6 nitrogen and oxygen atoms in total. The second-order valence-electron chi connectivity index (χ2n) is 4.19. The molecule has 104 valence electrons. The van der Waals surface area contributed by atoms with Gasteiger partial charge in [0, 0.05) is 30.4 Å². The molecule has 0 fully saturated rings. The molecule has 7 heteroatoms. The summed E-state index contributed by atoms with van der Waals surface area (Å²) in [5.41, 5.74) is 5.93. The third kappa shape index (κ3) is 3.07. The van der Waals surface area contributed by atoms with Crippen molar-refractivity contribution in [3.63, 3.8) is 0 Å². The lowest BCUT2D eigenvalue weighted by Crippen LogP contribution is -2.05. The van der Waals surface area contributed by atoms with Crippen molar-refractivity contribution < 1.29 is 14.1 Å². The highest BCUT2D eigenvalue weighted by Gasteiger charge is 2.14. The smallest absolute Gasteiger partial charge is 0.305 e. The zero-order chi connectivity index (χ0) is 14.7. The van der Waals surface area contributed by atoms with Crippen LogP contribution in [-0.4, -0.2) is 9.91 Å². The van der Waals surface area contributed by atoms with Crippen molar-refractivity contribution in [2.45, 2.75) is 13.0 Å². The zero-order valence-electron chi connectivity index (χ0n) is 10.6. The van der Waals surface area contributed by atoms with E-state index in [1.165, 1.54) is 6.07 Å². The Bertz CT molecular complexity index is 629. The third-order valence-corrected chi connectivity index (χ3v) is 2.62. The van der Waals surface area contributed by atoms with Gasteiger partial charge in [-0.3, -0.25) is 10.1 Å². The first-order valence-corrected chi connectivity index (χ1v) is 5.80. The Kier molecular flexibility index (Phi) is 3.90. The number of benzene rings is 1. The lowest BCUT2D eigenvalue weighted by molar-refractivity contribution is -0.387. The summed E-state index contributed by atoms with van der Waals surface area (Å²) in [4.78, 5) is 13.7. The van der Waals surface area contributed by atoms with E-state index in [1.54, 1.807) is 18.3 Å². The number of nitrogens with two attached hydrogens (primary N) is 1. The summed E-state index contributed by atoms with van der Waals surface area (Å²) in [6.45, 7) is 1.82. The number of nitrogens with zero attached hydrogens (tertiary/aromatic N) is 2. The van der Waals surface area contributed by atoms with Crippen molar-refractivity contribution in [3.05, 3.63) is 58.0 Å². The molecule has 0 radical (unpaired) electrons. The summed E-state index contributed by atoms with van der Waals surface area (Å²) in [6, 6.07) is 6.49. The first-order valence-electron chi connectivity index (χ1n) is 5.80. The van der Waals surface area contributed by atoms with E-state index >= 15 is 0 Å². The van der Waals surface area contributed by atoms with Crippen LogP contribution in [0.4, 0.5) is 10.1 Å². The van der Waals surface area contributed by atoms with Gasteiger partial charge in [-0.1, -0.05) is 6.07 Å². The van der Waals surface area contributed by atoms with Crippen molar-refractivity contribution in [3.8, 4) is 11.6 Å². The Balaban J connectivity index is 2.17. The fraction of sp³-hybridized carbons (Fsp3) is 0.154. The van der Waals surface area contributed by atoms with Crippen LogP contribution in [0.3, 0.4) is 0 Å². The molecular formula is C13H12FN3O3. The molecule has 0 aliphatic rings. The van der Waals surface area contributed by atoms with Crippen molar-refractivity contribution in [1.29, 1.82) is 0 Å². The number of pyridine rings is 1. The highest BCUT2D eigenvalue weighted by atomic mass is 19.1. The van der Waals surface area contributed by atoms with Crippen LogP contribution in [0.2, 0.25) is 0 Å². The number of halogens is 1. The van der Waals surface area contributed by atoms with Crippen molar-refractivity contribution in [2.24, 2.45) is 5.73 Å². The molecule has 1 atom stereocenters. The Morgan fingerprint density at radius 2 is 2.15 bits per heavy atom. The molecule has 0 spiro atoms. The number of nitro groups is 1. The van der Waals surface area contributed by atoms with Gasteiger partial charge in [0.2, 0.25) is 11.7 Å². The molecule has 1 aromatic heterocycles. The number of hydrogen-bond donors (Lipinski definition) is 1. The SMILES string of the molecule is C[C@@H](N)c1ccc(Oc2ccc([N+](=O)[O-])c(F)c2)nc1. The average Bonchev–Trinajstić information content (AvgIpc) is 2.39. The molecule has 0 saturated heterocycles. The van der Waals surface area contributed by atoms with Crippen LogP contribution in [0.15, 0.2) is 36.5 Å². The van der Waals surface area contributed by atoms with Gasteiger partial charge in [-0.2, -0.15) is 4.39 Å². The van der Waals surface area contributed by atoms with E-state index in [0.29, 0.717) is 0 Å². The Morgan fingerprint density at radius 3 is 2.65 bits per heavy atom. The van der Waals surface area contributed by atoms with Gasteiger partial charge in [0.05, 0.1) is 4.92 Å². The van der Waals surface area contributed by atoms with Crippen LogP contribution >= 0.6 is 0 Å². The van der Waals surface area contributed by atoms with Crippen LogP contribution in [0.5, 0.6) is 11.6 Å². The van der Waals surface area contributed by atoms with E-state index in [1.807, 2.05) is 6.92 Å². The van der Waals surface area contributed by atoms with Crippen LogP contribution in [0.1, 0.15) is 18.5 Å². The molecule has 1 aromatic carbocycles. The molecule has 2 N–H and O–H groups in total. The maximum Gasteiger partial charge on any atom is 0.305 e. The van der Waals surface area contributed by atoms with Crippen molar-refractivity contribution in [1.82, 2.24) is 4.98 Å². The maximum atomic E-state index is 13.4. The highest BCUT2D eigenvalue weighted by molar-refractivity contribution is 5.39. The molecule has 0 amide bonds. The molecule has 1 heterocycles. The van der Waals surface area contributed by atoms with Gasteiger partial charge in [0.15, 0.2) is 0 Å². The number of rotatable bonds is 4. The molecule has 2 aromatic rings. The topological polar surface area (TPSA) is 91.3 Å². The number of hydrogen-bond acceptors (Lipinski definition) is 5. The van der Waals surface area contributed by atoms with Gasteiger partial charge in [-0.15, -0.1) is 0 Å². The summed E-state index contributed by atoms with van der Waals surface area (Å²) in [5, 5.41) is 10.5. The van der Waals surface area contributed by atoms with Gasteiger partial charge < -0.3 is 10.5 Å². The summed E-state index contributed by atoms with van der Waals surface area (Å²) >= 11 is 0. The van der Waals surface area contributed by atoms with Gasteiger partial charge in [0.25, 0.3) is 0 Å². The van der Waals surface area contributed by atoms with Gasteiger partial charge in [0.1, 0.15) is 5.75 Å². The summed E-state index contributed by atoms with van der Waals surface area (Å²) in [5.74, 6) is -0.573. The van der Waals surface area contributed by atoms with E-state index in [2.05, 4.69) is 4.98 Å². The summed E-state index contributed by atoms with van der Waals surface area (Å²) in [7, 11) is 0. The van der Waals surface area contributed by atoms with E-state index < -0.39 is 16.4 Å². The molecule has 2 rings (SSSR count). The van der Waals surface area contributed by atoms with Gasteiger partial charge in [-0.25, -0.2) is 4.98 Å². The largest absolute Gasteiger partial charge is 0.439 e. The number of nitro benzene ring substituents is 1. The molecule has 0 aliphatic heterocycles. The monoisotopic (exact) mass is 277 g/mol. The van der Waals surface area contributed by atoms with E-state index in [4.69, 9.17) is 10.5 Å². The minimum atomic E-state index is -0.959. The lowest BCUT2D eigenvalue weighted by Gasteiger charge is -2.07. The van der Waals surface area contributed by atoms with Crippen LogP contribution in [0.25, 0.3) is 0 Å². The highest BCUT2D eigenvalue weighted by Crippen LogP contribution is 2.26.